The van der Waals surface area contributed by atoms with Crippen molar-refractivity contribution in [2.45, 2.75) is 19.8 Å². The number of likely N-dealkylation sites (tertiary alicyclic amines) is 1. The summed E-state index contributed by atoms with van der Waals surface area (Å²) in [5, 5.41) is 2.91. The molecular formula is C12H19N4O+. The van der Waals surface area contributed by atoms with Gasteiger partial charge in [-0.2, -0.15) is 0 Å². The van der Waals surface area contributed by atoms with E-state index in [1.807, 2.05) is 0 Å². The average Bonchev–Trinajstić information content (AvgIpc) is 2.39. The number of carbonyl (C=O) groups is 1. The zero-order chi connectivity index (χ0) is 12.1. The zero-order valence-corrected chi connectivity index (χ0v) is 10.1. The lowest BCUT2D eigenvalue weighted by Gasteiger charge is -2.27. The van der Waals surface area contributed by atoms with Gasteiger partial charge in [0.25, 0.3) is 5.91 Å². The van der Waals surface area contributed by atoms with E-state index in [0.717, 1.165) is 19.0 Å². The highest BCUT2D eigenvalue weighted by atomic mass is 16.2. The first-order valence-corrected chi connectivity index (χ1v) is 6.13. The quantitative estimate of drug-likeness (QED) is 0.741. The molecule has 0 saturated carbocycles. The van der Waals surface area contributed by atoms with Crippen LogP contribution in [0, 0.1) is 5.92 Å². The third-order valence-corrected chi connectivity index (χ3v) is 3.28. The van der Waals surface area contributed by atoms with E-state index in [0.29, 0.717) is 12.4 Å². The molecule has 5 nitrogen and oxygen atoms in total. The molecule has 0 spiro atoms. The number of nitrogens with one attached hydrogen (secondary N) is 2. The van der Waals surface area contributed by atoms with Gasteiger partial charge in [-0.1, -0.05) is 6.92 Å². The SMILES string of the molecule is CC1CC[NH+](CNC(=O)c2cnccn2)CC1. The fourth-order valence-electron chi connectivity index (χ4n) is 2.06. The van der Waals surface area contributed by atoms with Crippen molar-refractivity contribution in [3.63, 3.8) is 0 Å². The first-order chi connectivity index (χ1) is 8.25. The maximum absolute atomic E-state index is 11.7. The van der Waals surface area contributed by atoms with Crippen LogP contribution in [-0.4, -0.2) is 35.6 Å². The van der Waals surface area contributed by atoms with Gasteiger partial charge in [-0.25, -0.2) is 4.98 Å². The maximum Gasteiger partial charge on any atom is 0.275 e. The van der Waals surface area contributed by atoms with Crippen molar-refractivity contribution in [2.75, 3.05) is 19.8 Å². The Morgan fingerprint density at radius 3 is 2.88 bits per heavy atom. The molecular weight excluding hydrogens is 216 g/mol. The van der Waals surface area contributed by atoms with E-state index in [-0.39, 0.29) is 5.91 Å². The first-order valence-electron chi connectivity index (χ1n) is 6.13. The Morgan fingerprint density at radius 2 is 2.24 bits per heavy atom. The van der Waals surface area contributed by atoms with Gasteiger partial charge in [0.05, 0.1) is 19.3 Å². The number of hydrogen-bond donors (Lipinski definition) is 2. The minimum absolute atomic E-state index is 0.135. The topological polar surface area (TPSA) is 59.3 Å². The standard InChI is InChI=1S/C12H18N4O/c1-10-2-6-16(7-3-10)9-15-12(17)11-8-13-4-5-14-11/h4-5,8,10H,2-3,6-7,9H2,1H3,(H,15,17)/p+1. The van der Waals surface area contributed by atoms with Crippen LogP contribution in [0.1, 0.15) is 30.3 Å². The van der Waals surface area contributed by atoms with Crippen LogP contribution in [-0.2, 0) is 0 Å². The van der Waals surface area contributed by atoms with Crippen LogP contribution in [0.5, 0.6) is 0 Å². The number of piperidine rings is 1. The van der Waals surface area contributed by atoms with Crippen molar-refractivity contribution < 1.29 is 9.69 Å². The number of amides is 1. The van der Waals surface area contributed by atoms with Crippen LogP contribution in [0.4, 0.5) is 0 Å². The summed E-state index contributed by atoms with van der Waals surface area (Å²) in [7, 11) is 0. The highest BCUT2D eigenvalue weighted by molar-refractivity contribution is 5.91. The molecule has 1 aromatic heterocycles. The minimum Gasteiger partial charge on any atom is -0.318 e. The molecule has 92 valence electrons. The Hall–Kier alpha value is -1.49. The highest BCUT2D eigenvalue weighted by Crippen LogP contribution is 2.06. The van der Waals surface area contributed by atoms with Gasteiger partial charge >= 0.3 is 0 Å². The van der Waals surface area contributed by atoms with Gasteiger partial charge in [-0.3, -0.25) is 9.78 Å². The summed E-state index contributed by atoms with van der Waals surface area (Å²) < 4.78 is 0. The molecule has 0 bridgehead atoms. The summed E-state index contributed by atoms with van der Waals surface area (Å²) in [6.45, 7) is 5.25. The summed E-state index contributed by atoms with van der Waals surface area (Å²) in [6, 6.07) is 0. The molecule has 1 fully saturated rings. The van der Waals surface area contributed by atoms with Gasteiger partial charge in [0.1, 0.15) is 5.69 Å². The number of aromatic nitrogens is 2. The highest BCUT2D eigenvalue weighted by Gasteiger charge is 2.19. The number of nitrogens with zero attached hydrogens (tertiary/aromatic N) is 2. The predicted octanol–water partition coefficient (Wildman–Crippen LogP) is -0.521. The van der Waals surface area contributed by atoms with E-state index in [4.69, 9.17) is 0 Å². The van der Waals surface area contributed by atoms with Crippen LogP contribution in [0.15, 0.2) is 18.6 Å². The summed E-state index contributed by atoms with van der Waals surface area (Å²) in [6.07, 6.45) is 7.08. The Morgan fingerprint density at radius 1 is 1.47 bits per heavy atom. The third kappa shape index (κ3) is 3.49. The molecule has 1 aliphatic rings. The molecule has 0 unspecified atom stereocenters. The lowest BCUT2D eigenvalue weighted by atomic mass is 10.00. The molecule has 2 heterocycles. The zero-order valence-electron chi connectivity index (χ0n) is 10.1. The largest absolute Gasteiger partial charge is 0.318 e. The normalized spacial score (nSPS) is 24.3. The summed E-state index contributed by atoms with van der Waals surface area (Å²) in [5.74, 6) is 0.693. The van der Waals surface area contributed by atoms with Crippen LogP contribution in [0.2, 0.25) is 0 Å². The molecule has 17 heavy (non-hydrogen) atoms. The van der Waals surface area contributed by atoms with Crippen LogP contribution in [0.25, 0.3) is 0 Å². The molecule has 5 heteroatoms. The fraction of sp³-hybridized carbons (Fsp3) is 0.583. The molecule has 1 aromatic rings. The second-order valence-electron chi connectivity index (χ2n) is 4.71. The maximum atomic E-state index is 11.7. The van der Waals surface area contributed by atoms with Gasteiger partial charge in [0, 0.05) is 12.4 Å². The van der Waals surface area contributed by atoms with Gasteiger partial charge < -0.3 is 10.2 Å². The molecule has 0 atom stereocenters. The van der Waals surface area contributed by atoms with E-state index in [1.165, 1.54) is 30.1 Å². The Kier molecular flexibility index (Phi) is 4.03. The van der Waals surface area contributed by atoms with E-state index < -0.39 is 0 Å². The molecule has 2 N–H and O–H groups in total. The smallest absolute Gasteiger partial charge is 0.275 e. The van der Waals surface area contributed by atoms with Gasteiger partial charge in [-0.05, 0) is 18.8 Å². The van der Waals surface area contributed by atoms with Crippen molar-refractivity contribution in [2.24, 2.45) is 5.92 Å². The summed E-state index contributed by atoms with van der Waals surface area (Å²) in [5.41, 5.74) is 0.386. The molecule has 0 radical (unpaired) electrons. The molecule has 2 rings (SSSR count). The number of quaternary nitrogens is 1. The Labute approximate surface area is 101 Å². The molecule has 0 aliphatic carbocycles. The minimum atomic E-state index is -0.135. The third-order valence-electron chi connectivity index (χ3n) is 3.28. The monoisotopic (exact) mass is 235 g/mol. The molecule has 1 aliphatic heterocycles. The van der Waals surface area contributed by atoms with Gasteiger partial charge in [0.15, 0.2) is 6.67 Å². The molecule has 1 amide bonds. The fourth-order valence-corrected chi connectivity index (χ4v) is 2.06. The summed E-state index contributed by atoms with van der Waals surface area (Å²) >= 11 is 0. The number of carbonyl (C=O) groups excluding carboxylic acids is 1. The van der Waals surface area contributed by atoms with Crippen molar-refractivity contribution in [3.8, 4) is 0 Å². The molecule has 1 saturated heterocycles. The average molecular weight is 235 g/mol. The molecule has 0 aromatic carbocycles. The predicted molar refractivity (Wildman–Crippen MR) is 63.5 cm³/mol. The van der Waals surface area contributed by atoms with Crippen LogP contribution < -0.4 is 10.2 Å². The van der Waals surface area contributed by atoms with E-state index in [2.05, 4.69) is 22.2 Å². The van der Waals surface area contributed by atoms with Crippen molar-refractivity contribution in [1.82, 2.24) is 15.3 Å². The Bertz CT molecular complexity index is 360. The van der Waals surface area contributed by atoms with Crippen molar-refractivity contribution in [1.29, 1.82) is 0 Å². The van der Waals surface area contributed by atoms with Gasteiger partial charge in [-0.15, -0.1) is 0 Å². The second kappa shape index (κ2) is 5.72. The lowest BCUT2D eigenvalue weighted by Crippen LogP contribution is -3.14. The number of hydrogen-bond acceptors (Lipinski definition) is 3. The van der Waals surface area contributed by atoms with Gasteiger partial charge in [0.2, 0.25) is 0 Å². The van der Waals surface area contributed by atoms with E-state index in [9.17, 15) is 4.79 Å². The van der Waals surface area contributed by atoms with Crippen molar-refractivity contribution >= 4 is 5.91 Å². The van der Waals surface area contributed by atoms with Crippen LogP contribution >= 0.6 is 0 Å². The van der Waals surface area contributed by atoms with Crippen molar-refractivity contribution in [3.05, 3.63) is 24.3 Å². The first kappa shape index (κ1) is 12.0. The summed E-state index contributed by atoms with van der Waals surface area (Å²) in [4.78, 5) is 21.0. The Balaban J connectivity index is 1.77. The van der Waals surface area contributed by atoms with E-state index in [1.54, 1.807) is 6.20 Å². The second-order valence-corrected chi connectivity index (χ2v) is 4.71. The number of rotatable bonds is 3. The van der Waals surface area contributed by atoms with Crippen LogP contribution in [0.3, 0.4) is 0 Å². The van der Waals surface area contributed by atoms with E-state index >= 15 is 0 Å². The lowest BCUT2D eigenvalue weighted by molar-refractivity contribution is -0.907.